The summed E-state index contributed by atoms with van der Waals surface area (Å²) in [6, 6.07) is 13.6. The van der Waals surface area contributed by atoms with Crippen LogP contribution in [0.1, 0.15) is 23.6 Å². The lowest BCUT2D eigenvalue weighted by Gasteiger charge is -2.26. The molecule has 0 heterocycles. The number of aryl methyl sites for hydroxylation is 1. The molecule has 1 N–H and O–H groups in total. The fourth-order valence-electron chi connectivity index (χ4n) is 2.05. The fourth-order valence-corrected chi connectivity index (χ4v) is 2.05. The SMILES string of the molecule is Cc1ccccc1C(C)(O)c1ccc(F)cc1. The first-order valence-corrected chi connectivity index (χ1v) is 5.56. The molecule has 2 aromatic carbocycles. The second kappa shape index (κ2) is 4.30. The number of aliphatic hydroxyl groups is 1. The van der Waals surface area contributed by atoms with Gasteiger partial charge in [-0.1, -0.05) is 36.4 Å². The van der Waals surface area contributed by atoms with Crippen LogP contribution >= 0.6 is 0 Å². The van der Waals surface area contributed by atoms with Crippen LogP contribution in [0.25, 0.3) is 0 Å². The van der Waals surface area contributed by atoms with Gasteiger partial charge in [0, 0.05) is 0 Å². The average molecular weight is 230 g/mol. The lowest BCUT2D eigenvalue weighted by atomic mass is 9.86. The molecule has 0 fully saturated rings. The summed E-state index contributed by atoms with van der Waals surface area (Å²) < 4.78 is 12.9. The minimum atomic E-state index is -1.10. The highest BCUT2D eigenvalue weighted by molar-refractivity contribution is 5.39. The molecular formula is C15H15FO. The summed E-state index contributed by atoms with van der Waals surface area (Å²) in [6.07, 6.45) is 0. The Balaban J connectivity index is 2.49. The van der Waals surface area contributed by atoms with Gasteiger partial charge in [0.2, 0.25) is 0 Å². The Kier molecular flexibility index (Phi) is 2.99. The van der Waals surface area contributed by atoms with Crippen molar-refractivity contribution in [1.82, 2.24) is 0 Å². The second-order valence-corrected chi connectivity index (χ2v) is 4.39. The van der Waals surface area contributed by atoms with Crippen molar-refractivity contribution >= 4 is 0 Å². The number of halogens is 1. The van der Waals surface area contributed by atoms with Crippen LogP contribution in [-0.4, -0.2) is 5.11 Å². The van der Waals surface area contributed by atoms with Gasteiger partial charge in [-0.3, -0.25) is 0 Å². The Labute approximate surface area is 101 Å². The highest BCUT2D eigenvalue weighted by atomic mass is 19.1. The predicted octanol–water partition coefficient (Wildman–Crippen LogP) is 3.39. The molecule has 1 nitrogen and oxygen atoms in total. The molecule has 0 saturated carbocycles. The minimum Gasteiger partial charge on any atom is -0.381 e. The van der Waals surface area contributed by atoms with Crippen LogP contribution in [0.4, 0.5) is 4.39 Å². The summed E-state index contributed by atoms with van der Waals surface area (Å²) in [5.41, 5.74) is 1.45. The van der Waals surface area contributed by atoms with Crippen LogP contribution in [0.2, 0.25) is 0 Å². The molecule has 17 heavy (non-hydrogen) atoms. The first-order chi connectivity index (χ1) is 8.01. The molecule has 0 spiro atoms. The van der Waals surface area contributed by atoms with Crippen molar-refractivity contribution in [3.8, 4) is 0 Å². The van der Waals surface area contributed by atoms with Crippen LogP contribution in [0.5, 0.6) is 0 Å². The smallest absolute Gasteiger partial charge is 0.123 e. The van der Waals surface area contributed by atoms with E-state index in [2.05, 4.69) is 0 Å². The van der Waals surface area contributed by atoms with Gasteiger partial charge in [0.1, 0.15) is 11.4 Å². The van der Waals surface area contributed by atoms with Gasteiger partial charge in [-0.2, -0.15) is 0 Å². The molecule has 0 aliphatic carbocycles. The van der Waals surface area contributed by atoms with Gasteiger partial charge < -0.3 is 5.11 Å². The third-order valence-electron chi connectivity index (χ3n) is 3.08. The molecule has 2 heteroatoms. The molecule has 0 aliphatic rings. The molecule has 0 aliphatic heterocycles. The molecule has 88 valence electrons. The summed E-state index contributed by atoms with van der Waals surface area (Å²) in [6.45, 7) is 3.68. The maximum absolute atomic E-state index is 12.9. The predicted molar refractivity (Wildman–Crippen MR) is 66.3 cm³/mol. The van der Waals surface area contributed by atoms with Crippen molar-refractivity contribution in [3.05, 3.63) is 71.0 Å². The molecule has 1 unspecified atom stereocenters. The van der Waals surface area contributed by atoms with Gasteiger partial charge in [0.05, 0.1) is 0 Å². The van der Waals surface area contributed by atoms with E-state index in [-0.39, 0.29) is 5.82 Å². The Bertz CT molecular complexity index is 515. The molecular weight excluding hydrogens is 215 g/mol. The number of hydrogen-bond acceptors (Lipinski definition) is 1. The molecule has 2 rings (SSSR count). The monoisotopic (exact) mass is 230 g/mol. The zero-order valence-electron chi connectivity index (χ0n) is 9.94. The maximum Gasteiger partial charge on any atom is 0.123 e. The first-order valence-electron chi connectivity index (χ1n) is 5.56. The topological polar surface area (TPSA) is 20.2 Å². The summed E-state index contributed by atoms with van der Waals surface area (Å²) in [7, 11) is 0. The molecule has 0 amide bonds. The average Bonchev–Trinajstić information content (AvgIpc) is 2.30. The Morgan fingerprint density at radius 1 is 1.00 bits per heavy atom. The summed E-state index contributed by atoms with van der Waals surface area (Å²) in [5.74, 6) is -0.297. The Hall–Kier alpha value is -1.67. The second-order valence-electron chi connectivity index (χ2n) is 4.39. The molecule has 2 aromatic rings. The zero-order valence-corrected chi connectivity index (χ0v) is 9.94. The van der Waals surface area contributed by atoms with Crippen LogP contribution < -0.4 is 0 Å². The van der Waals surface area contributed by atoms with E-state index in [1.54, 1.807) is 19.1 Å². The number of rotatable bonds is 2. The molecule has 0 bridgehead atoms. The van der Waals surface area contributed by atoms with Crippen molar-refractivity contribution in [1.29, 1.82) is 0 Å². The van der Waals surface area contributed by atoms with E-state index in [9.17, 15) is 9.50 Å². The highest BCUT2D eigenvalue weighted by Crippen LogP contribution is 2.31. The van der Waals surface area contributed by atoms with Gasteiger partial charge in [-0.15, -0.1) is 0 Å². The van der Waals surface area contributed by atoms with Crippen LogP contribution in [0, 0.1) is 12.7 Å². The van der Waals surface area contributed by atoms with Crippen molar-refractivity contribution in [2.75, 3.05) is 0 Å². The van der Waals surface area contributed by atoms with E-state index >= 15 is 0 Å². The number of benzene rings is 2. The third kappa shape index (κ3) is 2.22. The number of hydrogen-bond donors (Lipinski definition) is 1. The summed E-state index contributed by atoms with van der Waals surface area (Å²) >= 11 is 0. The van der Waals surface area contributed by atoms with Crippen molar-refractivity contribution in [3.63, 3.8) is 0 Å². The van der Waals surface area contributed by atoms with E-state index < -0.39 is 5.60 Å². The third-order valence-corrected chi connectivity index (χ3v) is 3.08. The molecule has 0 saturated heterocycles. The van der Waals surface area contributed by atoms with Crippen molar-refractivity contribution in [2.24, 2.45) is 0 Å². The van der Waals surface area contributed by atoms with Gasteiger partial charge in [-0.25, -0.2) is 4.39 Å². The van der Waals surface area contributed by atoms with Crippen molar-refractivity contribution < 1.29 is 9.50 Å². The minimum absolute atomic E-state index is 0.297. The first kappa shape index (κ1) is 11.8. The van der Waals surface area contributed by atoms with E-state index in [1.807, 2.05) is 31.2 Å². The van der Waals surface area contributed by atoms with Crippen LogP contribution in [0.15, 0.2) is 48.5 Å². The van der Waals surface area contributed by atoms with Crippen LogP contribution in [0.3, 0.4) is 0 Å². The Morgan fingerprint density at radius 3 is 2.18 bits per heavy atom. The van der Waals surface area contributed by atoms with Gasteiger partial charge >= 0.3 is 0 Å². The maximum atomic E-state index is 12.9. The molecule has 0 aromatic heterocycles. The van der Waals surface area contributed by atoms with E-state index in [0.717, 1.165) is 11.1 Å². The summed E-state index contributed by atoms with van der Waals surface area (Å²) in [4.78, 5) is 0. The fraction of sp³-hybridized carbons (Fsp3) is 0.200. The van der Waals surface area contributed by atoms with Crippen LogP contribution in [-0.2, 0) is 5.60 Å². The quantitative estimate of drug-likeness (QED) is 0.838. The van der Waals surface area contributed by atoms with E-state index in [4.69, 9.17) is 0 Å². The van der Waals surface area contributed by atoms with Gasteiger partial charge in [0.15, 0.2) is 0 Å². The standard InChI is InChI=1S/C15H15FO/c1-11-5-3-4-6-14(11)15(2,17)12-7-9-13(16)10-8-12/h3-10,17H,1-2H3. The molecule has 1 atom stereocenters. The largest absolute Gasteiger partial charge is 0.381 e. The lowest BCUT2D eigenvalue weighted by Crippen LogP contribution is -2.23. The normalized spacial score (nSPS) is 14.4. The van der Waals surface area contributed by atoms with E-state index in [0.29, 0.717) is 5.56 Å². The van der Waals surface area contributed by atoms with E-state index in [1.165, 1.54) is 12.1 Å². The summed E-state index contributed by atoms with van der Waals surface area (Å²) in [5, 5.41) is 10.6. The highest BCUT2D eigenvalue weighted by Gasteiger charge is 2.26. The van der Waals surface area contributed by atoms with Gasteiger partial charge in [0.25, 0.3) is 0 Å². The lowest BCUT2D eigenvalue weighted by molar-refractivity contribution is 0.101. The van der Waals surface area contributed by atoms with Crippen molar-refractivity contribution in [2.45, 2.75) is 19.4 Å². The Morgan fingerprint density at radius 2 is 1.59 bits per heavy atom. The molecule has 0 radical (unpaired) electrons. The zero-order chi connectivity index (χ0) is 12.5. The van der Waals surface area contributed by atoms with Gasteiger partial charge in [-0.05, 0) is 42.7 Å².